The van der Waals surface area contributed by atoms with Crippen molar-refractivity contribution in [1.82, 2.24) is 4.90 Å². The summed E-state index contributed by atoms with van der Waals surface area (Å²) in [5.74, 6) is -1.56. The number of nitro benzene ring substituents is 1. The topological polar surface area (TPSA) is 122 Å². The highest BCUT2D eigenvalue weighted by Crippen LogP contribution is 2.43. The molecule has 144 valence electrons. The number of amides is 1. The van der Waals surface area contributed by atoms with Crippen molar-refractivity contribution >= 4 is 23.3 Å². The van der Waals surface area contributed by atoms with E-state index < -0.39 is 16.3 Å². The number of hydrogen-bond donors (Lipinski definition) is 2. The van der Waals surface area contributed by atoms with E-state index in [4.69, 9.17) is 4.74 Å². The first-order chi connectivity index (χ1) is 12.9. The Hall–Kier alpha value is -2.68. The fourth-order valence-electron chi connectivity index (χ4n) is 4.02. The molecule has 3 fully saturated rings. The summed E-state index contributed by atoms with van der Waals surface area (Å²) >= 11 is 0. The number of carbonyl (C=O) groups is 2. The van der Waals surface area contributed by atoms with E-state index in [1.54, 1.807) is 12.1 Å². The number of benzene rings is 1. The molecule has 0 bridgehead atoms. The van der Waals surface area contributed by atoms with E-state index in [-0.39, 0.29) is 42.2 Å². The van der Waals surface area contributed by atoms with Gasteiger partial charge in [0.1, 0.15) is 5.69 Å². The first kappa shape index (κ1) is 17.7. The van der Waals surface area contributed by atoms with Gasteiger partial charge in [-0.3, -0.25) is 19.7 Å². The molecule has 0 spiro atoms. The molecule has 1 aliphatic carbocycles. The number of nitro groups is 1. The Morgan fingerprint density at radius 1 is 1.37 bits per heavy atom. The molecule has 27 heavy (non-hydrogen) atoms. The molecule has 1 saturated carbocycles. The summed E-state index contributed by atoms with van der Waals surface area (Å²) in [7, 11) is 0. The number of carbonyl (C=O) groups excluding carboxylic acids is 1. The fraction of sp³-hybridized carbons (Fsp3) is 0.556. The van der Waals surface area contributed by atoms with Crippen LogP contribution in [0.1, 0.15) is 29.6 Å². The Bertz CT molecular complexity index is 808. The van der Waals surface area contributed by atoms with Gasteiger partial charge in [-0.2, -0.15) is 0 Å². The highest BCUT2D eigenvalue weighted by molar-refractivity contribution is 5.96. The molecule has 2 N–H and O–H groups in total. The highest BCUT2D eigenvalue weighted by Gasteiger charge is 2.55. The molecule has 3 aliphatic rings. The molecular formula is C18H21N3O6. The Kier molecular flexibility index (Phi) is 4.26. The maximum atomic E-state index is 12.9. The standard InChI is InChI=1S/C18H21N3O6/c22-16(20-8-12-9-27-6-5-18(12,10-20)17(23)24)11-1-4-14(19-13-2-3-13)15(7-11)21(25)26/h1,4,7,12-13,19H,2-3,5-6,8-10H2,(H,23,24)/t12-,18+/m0/s1. The lowest BCUT2D eigenvalue weighted by Crippen LogP contribution is -2.45. The maximum absolute atomic E-state index is 12.9. The number of likely N-dealkylation sites (tertiary alicyclic amines) is 1. The SMILES string of the molecule is O=C(c1ccc(NC2CC2)c([N+](=O)[O-])c1)N1C[C@H]2COCC[C@@]2(C(=O)O)C1. The monoisotopic (exact) mass is 375 g/mol. The third kappa shape index (κ3) is 3.12. The van der Waals surface area contributed by atoms with E-state index in [0.717, 1.165) is 12.8 Å². The van der Waals surface area contributed by atoms with Gasteiger partial charge in [0.05, 0.1) is 16.9 Å². The number of aliphatic carboxylic acids is 1. The van der Waals surface area contributed by atoms with Gasteiger partial charge >= 0.3 is 5.97 Å². The molecule has 9 nitrogen and oxygen atoms in total. The van der Waals surface area contributed by atoms with Gasteiger partial charge in [-0.1, -0.05) is 0 Å². The van der Waals surface area contributed by atoms with Crippen molar-refractivity contribution in [2.45, 2.75) is 25.3 Å². The number of fused-ring (bicyclic) bond motifs is 1. The van der Waals surface area contributed by atoms with Crippen LogP contribution in [-0.2, 0) is 9.53 Å². The van der Waals surface area contributed by atoms with Crippen LogP contribution >= 0.6 is 0 Å². The highest BCUT2D eigenvalue weighted by atomic mass is 16.6. The number of hydrogen-bond acceptors (Lipinski definition) is 6. The van der Waals surface area contributed by atoms with Crippen LogP contribution < -0.4 is 5.32 Å². The van der Waals surface area contributed by atoms with E-state index in [9.17, 15) is 24.8 Å². The fourth-order valence-corrected chi connectivity index (χ4v) is 4.02. The van der Waals surface area contributed by atoms with Crippen molar-refractivity contribution in [3.05, 3.63) is 33.9 Å². The van der Waals surface area contributed by atoms with Gasteiger partial charge in [0.25, 0.3) is 11.6 Å². The minimum atomic E-state index is -0.993. The number of nitrogens with one attached hydrogen (secondary N) is 1. The number of nitrogens with zero attached hydrogens (tertiary/aromatic N) is 2. The molecule has 0 aromatic heterocycles. The minimum absolute atomic E-state index is 0.102. The van der Waals surface area contributed by atoms with Crippen LogP contribution in [0.15, 0.2) is 18.2 Å². The summed E-state index contributed by atoms with van der Waals surface area (Å²) in [6.07, 6.45) is 2.32. The average Bonchev–Trinajstić information content (AvgIpc) is 3.36. The van der Waals surface area contributed by atoms with Gasteiger partial charge in [-0.15, -0.1) is 0 Å². The van der Waals surface area contributed by atoms with Gasteiger partial charge in [0.15, 0.2) is 0 Å². The van der Waals surface area contributed by atoms with Crippen LogP contribution in [0.25, 0.3) is 0 Å². The van der Waals surface area contributed by atoms with E-state index in [1.165, 1.54) is 11.0 Å². The second-order valence-corrected chi connectivity index (χ2v) is 7.58. The van der Waals surface area contributed by atoms with Gasteiger partial charge in [-0.05, 0) is 31.4 Å². The summed E-state index contributed by atoms with van der Waals surface area (Å²) in [5.41, 5.74) is -0.527. The van der Waals surface area contributed by atoms with E-state index in [2.05, 4.69) is 5.32 Å². The summed E-state index contributed by atoms with van der Waals surface area (Å²) in [6, 6.07) is 4.65. The predicted molar refractivity (Wildman–Crippen MR) is 94.6 cm³/mol. The number of ether oxygens (including phenoxy) is 1. The second kappa shape index (κ2) is 6.49. The van der Waals surface area contributed by atoms with Crippen LogP contribution in [0.2, 0.25) is 0 Å². The van der Waals surface area contributed by atoms with Crippen molar-refractivity contribution in [2.75, 3.05) is 31.6 Å². The molecule has 1 aromatic rings. The Balaban J connectivity index is 1.58. The molecule has 1 amide bonds. The van der Waals surface area contributed by atoms with Crippen molar-refractivity contribution in [3.8, 4) is 0 Å². The molecule has 2 heterocycles. The lowest BCUT2D eigenvalue weighted by molar-refractivity contribution is -0.384. The summed E-state index contributed by atoms with van der Waals surface area (Å²) in [6.45, 7) is 1.05. The number of anilines is 1. The Morgan fingerprint density at radius 3 is 2.78 bits per heavy atom. The zero-order valence-corrected chi connectivity index (χ0v) is 14.7. The lowest BCUT2D eigenvalue weighted by atomic mass is 9.74. The zero-order valence-electron chi connectivity index (χ0n) is 14.7. The van der Waals surface area contributed by atoms with E-state index >= 15 is 0 Å². The van der Waals surface area contributed by atoms with Gasteiger partial charge in [0.2, 0.25) is 0 Å². The Labute approximate surface area is 155 Å². The largest absolute Gasteiger partial charge is 0.481 e. The van der Waals surface area contributed by atoms with Crippen LogP contribution in [0, 0.1) is 21.4 Å². The lowest BCUT2D eigenvalue weighted by Gasteiger charge is -2.33. The maximum Gasteiger partial charge on any atom is 0.311 e. The number of carboxylic acids is 1. The molecule has 1 aromatic carbocycles. The van der Waals surface area contributed by atoms with Crippen LogP contribution in [0.3, 0.4) is 0 Å². The van der Waals surface area contributed by atoms with Crippen LogP contribution in [0.4, 0.5) is 11.4 Å². The summed E-state index contributed by atoms with van der Waals surface area (Å²) in [4.78, 5) is 37.2. The van der Waals surface area contributed by atoms with Crippen molar-refractivity contribution in [1.29, 1.82) is 0 Å². The zero-order chi connectivity index (χ0) is 19.2. The van der Waals surface area contributed by atoms with Crippen molar-refractivity contribution < 1.29 is 24.4 Å². The molecule has 0 unspecified atom stereocenters. The van der Waals surface area contributed by atoms with Gasteiger partial charge in [-0.25, -0.2) is 0 Å². The summed E-state index contributed by atoms with van der Waals surface area (Å²) in [5, 5.41) is 24.2. The molecule has 9 heteroatoms. The third-order valence-electron chi connectivity index (χ3n) is 5.80. The molecule has 4 rings (SSSR count). The molecule has 2 saturated heterocycles. The minimum Gasteiger partial charge on any atom is -0.481 e. The first-order valence-corrected chi connectivity index (χ1v) is 9.06. The molecule has 2 atom stereocenters. The van der Waals surface area contributed by atoms with Crippen molar-refractivity contribution in [2.24, 2.45) is 11.3 Å². The number of rotatable bonds is 5. The van der Waals surface area contributed by atoms with Crippen LogP contribution in [0.5, 0.6) is 0 Å². The summed E-state index contributed by atoms with van der Waals surface area (Å²) < 4.78 is 5.40. The van der Waals surface area contributed by atoms with E-state index in [1.807, 2.05) is 0 Å². The first-order valence-electron chi connectivity index (χ1n) is 9.06. The van der Waals surface area contributed by atoms with Crippen molar-refractivity contribution in [3.63, 3.8) is 0 Å². The predicted octanol–water partition coefficient (Wildman–Crippen LogP) is 1.73. The number of carboxylic acid groups (broad SMARTS) is 1. The van der Waals surface area contributed by atoms with Gasteiger partial charge < -0.3 is 20.1 Å². The molecule has 0 radical (unpaired) electrons. The van der Waals surface area contributed by atoms with Gasteiger partial charge in [0, 0.05) is 43.3 Å². The van der Waals surface area contributed by atoms with E-state index in [0.29, 0.717) is 25.3 Å². The molecular weight excluding hydrogens is 354 g/mol. The quantitative estimate of drug-likeness (QED) is 0.593. The average molecular weight is 375 g/mol. The third-order valence-corrected chi connectivity index (χ3v) is 5.80. The van der Waals surface area contributed by atoms with Crippen LogP contribution in [-0.4, -0.2) is 59.2 Å². The molecule has 2 aliphatic heterocycles. The normalized spacial score (nSPS) is 27.1. The smallest absolute Gasteiger partial charge is 0.311 e. The Morgan fingerprint density at radius 2 is 2.15 bits per heavy atom. The second-order valence-electron chi connectivity index (χ2n) is 7.58.